The van der Waals surface area contributed by atoms with E-state index >= 15 is 0 Å². The van der Waals surface area contributed by atoms with Crippen LogP contribution in [0.1, 0.15) is 20.1 Å². The van der Waals surface area contributed by atoms with Crippen molar-refractivity contribution in [3.63, 3.8) is 0 Å². The zero-order chi connectivity index (χ0) is 19.3. The summed E-state index contributed by atoms with van der Waals surface area (Å²) in [5.74, 6) is 0.703. The van der Waals surface area contributed by atoms with Crippen LogP contribution in [0.2, 0.25) is 0 Å². The van der Waals surface area contributed by atoms with Crippen molar-refractivity contribution in [1.29, 1.82) is 0 Å². The highest BCUT2D eigenvalue weighted by atomic mass is 31.2. The summed E-state index contributed by atoms with van der Waals surface area (Å²) in [6.45, 7) is 5.05. The molecule has 0 bridgehead atoms. The van der Waals surface area contributed by atoms with Gasteiger partial charge in [-0.2, -0.15) is 0 Å². The van der Waals surface area contributed by atoms with E-state index in [0.717, 1.165) is 0 Å². The van der Waals surface area contributed by atoms with Gasteiger partial charge in [0.15, 0.2) is 23.2 Å². The number of phosphoric ester groups is 1. The highest BCUT2D eigenvalue weighted by Crippen LogP contribution is 2.53. The number of rotatable bonds is 4. The van der Waals surface area contributed by atoms with Crippen molar-refractivity contribution in [3.05, 3.63) is 6.33 Å². The maximum absolute atomic E-state index is 11.7. The Morgan fingerprint density at radius 1 is 1.41 bits per heavy atom. The second kappa shape index (κ2) is 6.66. The van der Waals surface area contributed by atoms with Crippen LogP contribution in [-0.4, -0.2) is 67.5 Å². The molecule has 12 nitrogen and oxygen atoms in total. The minimum absolute atomic E-state index is 0.170. The minimum Gasteiger partial charge on any atom is -0.386 e. The fourth-order valence-electron chi connectivity index (χ4n) is 3.43. The first-order valence-corrected chi connectivity index (χ1v) is 10.1. The lowest BCUT2D eigenvalue weighted by Gasteiger charge is -2.28. The van der Waals surface area contributed by atoms with Gasteiger partial charge < -0.3 is 25.4 Å². The average molecular weight is 400 g/mol. The Bertz CT molecular complexity index is 904. The number of fused-ring (bicyclic) bond motifs is 2. The van der Waals surface area contributed by atoms with E-state index < -0.39 is 32.4 Å². The van der Waals surface area contributed by atoms with Gasteiger partial charge in [0.1, 0.15) is 24.6 Å². The Morgan fingerprint density at radius 3 is 2.85 bits per heavy atom. The van der Waals surface area contributed by atoms with Crippen molar-refractivity contribution in [2.75, 3.05) is 30.3 Å². The van der Waals surface area contributed by atoms with Gasteiger partial charge in [-0.25, -0.2) is 19.5 Å². The van der Waals surface area contributed by atoms with Gasteiger partial charge in [-0.15, -0.1) is 0 Å². The van der Waals surface area contributed by atoms with Crippen LogP contribution in [-0.2, 0) is 18.3 Å². The molecule has 27 heavy (non-hydrogen) atoms. The van der Waals surface area contributed by atoms with E-state index in [2.05, 4.69) is 15.0 Å². The molecule has 2 aromatic rings. The first-order valence-electron chi connectivity index (χ1n) is 8.59. The fraction of sp³-hybridized carbons (Fsp3) is 0.643. The molecule has 2 aliphatic rings. The van der Waals surface area contributed by atoms with Crippen molar-refractivity contribution in [2.24, 2.45) is 0 Å². The molecule has 4 rings (SSSR count). The average Bonchev–Trinajstić information content (AvgIpc) is 3.15. The standard InChI is InChI=1S/C14H21N6O6P/c1-3-19(4-2)14-18-8-11(15)16-6-17-12(8)20(14)13-9(21)10-7(25-13)5-24-27(22,23)26-10/h6-7,9-10,13,21H,3-5H2,1-2H3,(H,22,23)(H2,15,16,17)/t7-,9-,10-,13-/m1/s1. The van der Waals surface area contributed by atoms with E-state index in [-0.39, 0.29) is 12.4 Å². The van der Waals surface area contributed by atoms with Gasteiger partial charge in [0.05, 0.1) is 6.61 Å². The van der Waals surface area contributed by atoms with Crippen LogP contribution in [0.25, 0.3) is 11.2 Å². The molecule has 0 amide bonds. The summed E-state index contributed by atoms with van der Waals surface area (Å²) in [6, 6.07) is 0. The molecule has 4 heterocycles. The van der Waals surface area contributed by atoms with Gasteiger partial charge in [0.2, 0.25) is 5.95 Å². The first kappa shape index (κ1) is 18.5. The molecule has 2 aliphatic heterocycles. The van der Waals surface area contributed by atoms with Crippen LogP contribution in [0.4, 0.5) is 11.8 Å². The Kier molecular flexibility index (Phi) is 4.57. The Morgan fingerprint density at radius 2 is 2.15 bits per heavy atom. The Labute approximate surface area is 154 Å². The molecular weight excluding hydrogens is 379 g/mol. The molecule has 2 saturated heterocycles. The predicted octanol–water partition coefficient (Wildman–Crippen LogP) is 0.0288. The highest BCUT2D eigenvalue weighted by molar-refractivity contribution is 7.47. The van der Waals surface area contributed by atoms with Gasteiger partial charge in [0, 0.05) is 13.1 Å². The third-order valence-electron chi connectivity index (χ3n) is 4.75. The smallest absolute Gasteiger partial charge is 0.386 e. The van der Waals surface area contributed by atoms with E-state index in [9.17, 15) is 14.6 Å². The molecule has 0 saturated carbocycles. The molecule has 0 aliphatic carbocycles. The number of imidazole rings is 1. The number of aliphatic hydroxyl groups is 1. The molecule has 5 atom stereocenters. The van der Waals surface area contributed by atoms with Gasteiger partial charge in [-0.3, -0.25) is 13.6 Å². The largest absolute Gasteiger partial charge is 0.472 e. The second-order valence-electron chi connectivity index (χ2n) is 6.28. The van der Waals surface area contributed by atoms with Crippen molar-refractivity contribution < 1.29 is 28.3 Å². The zero-order valence-electron chi connectivity index (χ0n) is 14.8. The SMILES string of the molecule is CCN(CC)c1nc2c(N)ncnc2n1[C@@H]1O[C@@H]2COP(=O)(O)O[C@H]2[C@H]1O. The molecule has 13 heteroatoms. The third-order valence-corrected chi connectivity index (χ3v) is 5.74. The van der Waals surface area contributed by atoms with Crippen molar-refractivity contribution in [3.8, 4) is 0 Å². The Hall–Kier alpha value is -1.82. The summed E-state index contributed by atoms with van der Waals surface area (Å²) < 4.78 is 29.1. The Balaban J connectivity index is 1.82. The lowest BCUT2D eigenvalue weighted by Crippen LogP contribution is -2.39. The lowest BCUT2D eigenvalue weighted by atomic mass is 10.1. The van der Waals surface area contributed by atoms with Crippen molar-refractivity contribution in [2.45, 2.75) is 38.4 Å². The minimum atomic E-state index is -4.22. The summed E-state index contributed by atoms with van der Waals surface area (Å²) in [6.07, 6.45) is -2.60. The maximum Gasteiger partial charge on any atom is 0.472 e. The quantitative estimate of drug-likeness (QED) is 0.594. The highest BCUT2D eigenvalue weighted by Gasteiger charge is 2.53. The molecule has 1 unspecified atom stereocenters. The van der Waals surface area contributed by atoms with E-state index in [1.54, 1.807) is 4.57 Å². The summed E-state index contributed by atoms with van der Waals surface area (Å²) in [5, 5.41) is 10.8. The van der Waals surface area contributed by atoms with E-state index in [1.807, 2.05) is 18.7 Å². The summed E-state index contributed by atoms with van der Waals surface area (Å²) in [5.41, 5.74) is 6.72. The second-order valence-corrected chi connectivity index (χ2v) is 7.68. The summed E-state index contributed by atoms with van der Waals surface area (Å²) in [7, 11) is -4.22. The third kappa shape index (κ3) is 2.98. The number of aliphatic hydroxyl groups excluding tert-OH is 1. The lowest BCUT2D eigenvalue weighted by molar-refractivity contribution is -0.0661. The number of hydrogen-bond acceptors (Lipinski definition) is 10. The number of nitrogen functional groups attached to an aromatic ring is 1. The van der Waals surface area contributed by atoms with Gasteiger partial charge in [-0.05, 0) is 13.8 Å². The van der Waals surface area contributed by atoms with Crippen LogP contribution >= 0.6 is 7.82 Å². The van der Waals surface area contributed by atoms with Gasteiger partial charge in [0.25, 0.3) is 0 Å². The molecule has 2 aromatic heterocycles. The van der Waals surface area contributed by atoms with Gasteiger partial charge >= 0.3 is 7.82 Å². The number of aromatic nitrogens is 4. The molecule has 2 fully saturated rings. The molecule has 0 spiro atoms. The van der Waals surface area contributed by atoms with Crippen LogP contribution in [0.5, 0.6) is 0 Å². The fourth-order valence-corrected chi connectivity index (χ4v) is 4.39. The van der Waals surface area contributed by atoms with Crippen LogP contribution in [0.15, 0.2) is 6.33 Å². The monoisotopic (exact) mass is 400 g/mol. The topological polar surface area (TPSA) is 158 Å². The molecule has 4 N–H and O–H groups in total. The number of anilines is 2. The van der Waals surface area contributed by atoms with Crippen molar-refractivity contribution in [1.82, 2.24) is 19.5 Å². The first-order chi connectivity index (χ1) is 12.9. The molecule has 148 valence electrons. The van der Waals surface area contributed by atoms with Gasteiger partial charge in [-0.1, -0.05) is 0 Å². The number of ether oxygens (including phenoxy) is 1. The molecular formula is C14H21N6O6P. The van der Waals surface area contributed by atoms with E-state index in [0.29, 0.717) is 30.2 Å². The number of phosphoric acid groups is 1. The molecule has 0 radical (unpaired) electrons. The van der Waals surface area contributed by atoms with Crippen LogP contribution in [0.3, 0.4) is 0 Å². The predicted molar refractivity (Wildman–Crippen MR) is 93.9 cm³/mol. The molecule has 0 aromatic carbocycles. The van der Waals surface area contributed by atoms with E-state index in [4.69, 9.17) is 19.5 Å². The van der Waals surface area contributed by atoms with Crippen molar-refractivity contribution >= 4 is 30.8 Å². The van der Waals surface area contributed by atoms with Crippen LogP contribution in [0, 0.1) is 0 Å². The summed E-state index contributed by atoms with van der Waals surface area (Å²) in [4.78, 5) is 24.3. The van der Waals surface area contributed by atoms with Crippen LogP contribution < -0.4 is 10.6 Å². The summed E-state index contributed by atoms with van der Waals surface area (Å²) >= 11 is 0. The zero-order valence-corrected chi connectivity index (χ0v) is 15.7. The number of nitrogens with two attached hydrogens (primary N) is 1. The maximum atomic E-state index is 11.7. The normalized spacial score (nSPS) is 33.3. The number of hydrogen-bond donors (Lipinski definition) is 3. The number of nitrogens with zero attached hydrogens (tertiary/aromatic N) is 5. The van der Waals surface area contributed by atoms with E-state index in [1.165, 1.54) is 6.33 Å².